The molecule has 0 aliphatic carbocycles. The zero-order valence-corrected chi connectivity index (χ0v) is 14.3. The van der Waals surface area contributed by atoms with Gasteiger partial charge in [-0.1, -0.05) is 43.7 Å². The van der Waals surface area contributed by atoms with E-state index in [1.54, 1.807) is 30.3 Å². The minimum Gasteiger partial charge on any atom is -0.467 e. The van der Waals surface area contributed by atoms with Gasteiger partial charge in [-0.2, -0.15) is 0 Å². The summed E-state index contributed by atoms with van der Waals surface area (Å²) in [5.41, 5.74) is 6.11. The van der Waals surface area contributed by atoms with Gasteiger partial charge in [0.2, 0.25) is 11.7 Å². The van der Waals surface area contributed by atoms with Crippen molar-refractivity contribution in [2.75, 3.05) is 13.7 Å². The molecule has 0 saturated carbocycles. The maximum absolute atomic E-state index is 12.0. The Hall–Kier alpha value is -2.74. The summed E-state index contributed by atoms with van der Waals surface area (Å²) in [6.07, 6.45) is 1.05. The van der Waals surface area contributed by atoms with Crippen molar-refractivity contribution in [2.24, 2.45) is 5.73 Å². The van der Waals surface area contributed by atoms with Gasteiger partial charge in [0.25, 0.3) is 5.91 Å². The molecule has 0 spiro atoms. The summed E-state index contributed by atoms with van der Waals surface area (Å²) in [4.78, 5) is 47.3. The largest absolute Gasteiger partial charge is 0.467 e. The summed E-state index contributed by atoms with van der Waals surface area (Å²) in [5, 5.41) is 4.66. The minimum absolute atomic E-state index is 0.386. The third-order valence-electron chi connectivity index (χ3n) is 3.44. The molecule has 1 aromatic carbocycles. The third kappa shape index (κ3) is 6.34. The van der Waals surface area contributed by atoms with E-state index in [1.807, 2.05) is 6.92 Å². The fraction of sp³-hybridized carbons (Fsp3) is 0.412. The third-order valence-corrected chi connectivity index (χ3v) is 3.44. The van der Waals surface area contributed by atoms with Gasteiger partial charge in [0, 0.05) is 0 Å². The Bertz CT molecular complexity index is 618. The smallest absolute Gasteiger partial charge is 0.333 e. The lowest BCUT2D eigenvalue weighted by atomic mass is 10.1. The molecule has 2 atom stereocenters. The number of benzene rings is 1. The highest BCUT2D eigenvalue weighted by atomic mass is 16.5. The van der Waals surface area contributed by atoms with Gasteiger partial charge in [0.1, 0.15) is 0 Å². The molecule has 0 heterocycles. The van der Waals surface area contributed by atoms with Crippen LogP contribution in [0, 0.1) is 0 Å². The molecule has 2 unspecified atom stereocenters. The summed E-state index contributed by atoms with van der Waals surface area (Å²) < 4.78 is 4.68. The van der Waals surface area contributed by atoms with Crippen molar-refractivity contribution >= 4 is 23.6 Å². The van der Waals surface area contributed by atoms with Crippen LogP contribution in [0.3, 0.4) is 0 Å². The number of hydrogen-bond acceptors (Lipinski definition) is 6. The average Bonchev–Trinajstić information content (AvgIpc) is 2.63. The minimum atomic E-state index is -1.01. The number of nitrogens with two attached hydrogens (primary N) is 1. The molecule has 0 aromatic heterocycles. The van der Waals surface area contributed by atoms with Crippen molar-refractivity contribution in [2.45, 2.75) is 31.8 Å². The first kappa shape index (κ1) is 20.3. The molecule has 0 aliphatic heterocycles. The molecule has 4 N–H and O–H groups in total. The summed E-state index contributed by atoms with van der Waals surface area (Å²) in [7, 11) is 1.21. The number of amides is 2. The first-order chi connectivity index (χ1) is 11.9. The maximum atomic E-state index is 12.0. The predicted octanol–water partition coefficient (Wildman–Crippen LogP) is -0.170. The highest BCUT2D eigenvalue weighted by Gasteiger charge is 2.25. The fourth-order valence-electron chi connectivity index (χ4n) is 2.11. The Labute approximate surface area is 146 Å². The summed E-state index contributed by atoms with van der Waals surface area (Å²) in [6.45, 7) is 1.39. The van der Waals surface area contributed by atoms with E-state index in [0.29, 0.717) is 18.4 Å². The maximum Gasteiger partial charge on any atom is 0.333 e. The van der Waals surface area contributed by atoms with Crippen LogP contribution in [0.15, 0.2) is 30.3 Å². The molecule has 2 amide bonds. The molecule has 8 heteroatoms. The number of ketones is 1. The van der Waals surface area contributed by atoms with Gasteiger partial charge in [-0.25, -0.2) is 4.79 Å². The summed E-state index contributed by atoms with van der Waals surface area (Å²) >= 11 is 0. The molecule has 0 aliphatic rings. The second-order valence-corrected chi connectivity index (χ2v) is 5.38. The van der Waals surface area contributed by atoms with Crippen LogP contribution in [0.25, 0.3) is 0 Å². The van der Waals surface area contributed by atoms with E-state index < -0.39 is 42.2 Å². The quantitative estimate of drug-likeness (QED) is 0.419. The molecule has 25 heavy (non-hydrogen) atoms. The molecule has 0 saturated heterocycles. The van der Waals surface area contributed by atoms with Gasteiger partial charge in [-0.15, -0.1) is 0 Å². The number of esters is 1. The molecule has 1 rings (SSSR count). The number of carbonyl (C=O) groups excluding carboxylic acids is 4. The molecule has 136 valence electrons. The number of hydrogen-bond donors (Lipinski definition) is 3. The SMILES string of the molecule is CCCC(N)C(=O)C(=O)NCC(=O)NC(C(=O)OC)c1ccccc1. The van der Waals surface area contributed by atoms with Crippen LogP contribution >= 0.6 is 0 Å². The van der Waals surface area contributed by atoms with Gasteiger partial charge in [0.15, 0.2) is 6.04 Å². The van der Waals surface area contributed by atoms with E-state index in [9.17, 15) is 19.2 Å². The van der Waals surface area contributed by atoms with Crippen molar-refractivity contribution in [3.05, 3.63) is 35.9 Å². The summed E-state index contributed by atoms with van der Waals surface area (Å²) in [6, 6.07) is 6.63. The molecular weight excluding hydrogens is 326 g/mol. The Balaban J connectivity index is 2.62. The molecule has 0 radical (unpaired) electrons. The Morgan fingerprint density at radius 1 is 1.16 bits per heavy atom. The number of methoxy groups -OCH3 is 1. The number of rotatable bonds is 9. The van der Waals surface area contributed by atoms with Gasteiger partial charge in [-0.05, 0) is 12.0 Å². The van der Waals surface area contributed by atoms with Gasteiger partial charge in [-0.3, -0.25) is 14.4 Å². The highest BCUT2D eigenvalue weighted by Crippen LogP contribution is 2.13. The van der Waals surface area contributed by atoms with Gasteiger partial charge >= 0.3 is 5.97 Å². The zero-order chi connectivity index (χ0) is 18.8. The molecule has 0 bridgehead atoms. The summed E-state index contributed by atoms with van der Waals surface area (Å²) in [5.74, 6) is -2.98. The van der Waals surface area contributed by atoms with Gasteiger partial charge in [0.05, 0.1) is 19.7 Å². The van der Waals surface area contributed by atoms with E-state index in [2.05, 4.69) is 15.4 Å². The van der Waals surface area contributed by atoms with E-state index in [-0.39, 0.29) is 0 Å². The number of carbonyl (C=O) groups is 4. The number of Topliss-reactive ketones (excluding diaryl/α,β-unsaturated/α-hetero) is 1. The van der Waals surface area contributed by atoms with Crippen molar-refractivity contribution in [3.63, 3.8) is 0 Å². The van der Waals surface area contributed by atoms with Gasteiger partial charge < -0.3 is 21.1 Å². The highest BCUT2D eigenvalue weighted by molar-refractivity contribution is 6.38. The van der Waals surface area contributed by atoms with Crippen molar-refractivity contribution in [1.82, 2.24) is 10.6 Å². The normalized spacial score (nSPS) is 12.6. The second kappa shape index (κ2) is 10.2. The Morgan fingerprint density at radius 2 is 1.80 bits per heavy atom. The lowest BCUT2D eigenvalue weighted by Crippen LogP contribution is -2.46. The first-order valence-corrected chi connectivity index (χ1v) is 7.90. The lowest BCUT2D eigenvalue weighted by Gasteiger charge is -2.17. The first-order valence-electron chi connectivity index (χ1n) is 7.90. The second-order valence-electron chi connectivity index (χ2n) is 5.38. The van der Waals surface area contributed by atoms with Crippen LogP contribution in [-0.2, 0) is 23.9 Å². The van der Waals surface area contributed by atoms with Crippen LogP contribution in [0.1, 0.15) is 31.4 Å². The lowest BCUT2D eigenvalue weighted by molar-refractivity contribution is -0.145. The van der Waals surface area contributed by atoms with Crippen LogP contribution in [0.2, 0.25) is 0 Å². The van der Waals surface area contributed by atoms with Crippen LogP contribution in [0.5, 0.6) is 0 Å². The van der Waals surface area contributed by atoms with Crippen LogP contribution in [-0.4, -0.2) is 43.3 Å². The van der Waals surface area contributed by atoms with E-state index in [4.69, 9.17) is 5.73 Å². The van der Waals surface area contributed by atoms with E-state index in [0.717, 1.165) is 0 Å². The van der Waals surface area contributed by atoms with Crippen molar-refractivity contribution < 1.29 is 23.9 Å². The number of nitrogens with one attached hydrogen (secondary N) is 2. The zero-order valence-electron chi connectivity index (χ0n) is 14.3. The Kier molecular flexibility index (Phi) is 8.28. The predicted molar refractivity (Wildman–Crippen MR) is 90.2 cm³/mol. The van der Waals surface area contributed by atoms with Crippen LogP contribution in [0.4, 0.5) is 0 Å². The monoisotopic (exact) mass is 349 g/mol. The van der Waals surface area contributed by atoms with Crippen molar-refractivity contribution in [1.29, 1.82) is 0 Å². The fourth-order valence-corrected chi connectivity index (χ4v) is 2.11. The molecular formula is C17H23N3O5. The van der Waals surface area contributed by atoms with Crippen molar-refractivity contribution in [3.8, 4) is 0 Å². The average molecular weight is 349 g/mol. The molecule has 0 fully saturated rings. The molecule has 8 nitrogen and oxygen atoms in total. The topological polar surface area (TPSA) is 128 Å². The molecule has 1 aromatic rings. The van der Waals surface area contributed by atoms with Crippen LogP contribution < -0.4 is 16.4 Å². The van der Waals surface area contributed by atoms with E-state index in [1.165, 1.54) is 7.11 Å². The van der Waals surface area contributed by atoms with E-state index >= 15 is 0 Å². The number of ether oxygens (including phenoxy) is 1. The standard InChI is InChI=1S/C17H23N3O5/c1-3-7-12(18)15(22)16(23)19-10-13(21)20-14(17(24)25-2)11-8-5-4-6-9-11/h4-6,8-9,12,14H,3,7,10,18H2,1-2H3,(H,19,23)(H,20,21). The Morgan fingerprint density at radius 3 is 2.36 bits per heavy atom.